The second-order valence-corrected chi connectivity index (χ2v) is 5.12. The first-order valence-electron chi connectivity index (χ1n) is 6.75. The van der Waals surface area contributed by atoms with Gasteiger partial charge >= 0.3 is 5.97 Å². The Kier molecular flexibility index (Phi) is 6.51. The Balaban J connectivity index is 2.29. The summed E-state index contributed by atoms with van der Waals surface area (Å²) >= 11 is 0. The van der Waals surface area contributed by atoms with Crippen molar-refractivity contribution in [1.29, 1.82) is 0 Å². The van der Waals surface area contributed by atoms with Crippen molar-refractivity contribution in [3.05, 3.63) is 12.2 Å². The highest BCUT2D eigenvalue weighted by atomic mass is 16.7. The number of carbonyl (C=O) groups excluding carboxylic acids is 1. The fourth-order valence-corrected chi connectivity index (χ4v) is 1.85. The van der Waals surface area contributed by atoms with E-state index in [0.29, 0.717) is 25.3 Å². The van der Waals surface area contributed by atoms with Crippen molar-refractivity contribution in [3.63, 3.8) is 0 Å². The van der Waals surface area contributed by atoms with Gasteiger partial charge in [-0.3, -0.25) is 4.79 Å². The summed E-state index contributed by atoms with van der Waals surface area (Å²) in [6.07, 6.45) is 6.65. The first kappa shape index (κ1) is 16.5. The van der Waals surface area contributed by atoms with Crippen LogP contribution >= 0.6 is 0 Å². The molecule has 0 radical (unpaired) electrons. The Hall–Kier alpha value is -1.56. The maximum atomic E-state index is 10.9. The van der Waals surface area contributed by atoms with E-state index in [9.17, 15) is 4.79 Å². The Morgan fingerprint density at radius 2 is 2.30 bits per heavy atom. The maximum absolute atomic E-state index is 10.9. The Morgan fingerprint density at radius 1 is 1.55 bits per heavy atom. The summed E-state index contributed by atoms with van der Waals surface area (Å²) in [6.45, 7) is 4.01. The minimum atomic E-state index is -0.748. The van der Waals surface area contributed by atoms with Crippen LogP contribution < -0.4 is 0 Å². The largest absolute Gasteiger partial charge is 0.469 e. The number of rotatable bonds is 6. The molecule has 114 valence electrons. The zero-order valence-corrected chi connectivity index (χ0v) is 12.3. The van der Waals surface area contributed by atoms with Crippen molar-refractivity contribution in [3.8, 4) is 0 Å². The van der Waals surface area contributed by atoms with Gasteiger partial charge in [-0.1, -0.05) is 17.3 Å². The van der Waals surface area contributed by atoms with Crippen LogP contribution in [-0.2, 0) is 19.0 Å². The molecular formula is C14H23NO5. The molecule has 1 saturated heterocycles. The molecule has 0 bridgehead atoms. The smallest absolute Gasteiger partial charge is 0.305 e. The molecule has 1 heterocycles. The Morgan fingerprint density at radius 3 is 2.95 bits per heavy atom. The number of carbonyl (C=O) groups is 1. The van der Waals surface area contributed by atoms with Gasteiger partial charge in [0.25, 0.3) is 0 Å². The number of nitrogens with zero attached hydrogens (tertiary/aromatic N) is 1. The predicted molar refractivity (Wildman–Crippen MR) is 73.5 cm³/mol. The quantitative estimate of drug-likeness (QED) is 0.267. The van der Waals surface area contributed by atoms with Gasteiger partial charge in [-0.2, -0.15) is 0 Å². The van der Waals surface area contributed by atoms with Crippen LogP contribution in [0.4, 0.5) is 0 Å². The van der Waals surface area contributed by atoms with E-state index in [1.807, 2.05) is 12.2 Å². The second-order valence-electron chi connectivity index (χ2n) is 5.12. The first-order valence-corrected chi connectivity index (χ1v) is 6.75. The SMILES string of the molecule is COC(=O)CCCC=CC[C@H]1COC(C)(C)OC1=NO. The third-order valence-electron chi connectivity index (χ3n) is 3.00. The lowest BCUT2D eigenvalue weighted by atomic mass is 10.0. The van der Waals surface area contributed by atoms with Gasteiger partial charge in [0.1, 0.15) is 0 Å². The molecule has 0 aliphatic carbocycles. The lowest BCUT2D eigenvalue weighted by Gasteiger charge is -2.35. The Labute approximate surface area is 119 Å². The van der Waals surface area contributed by atoms with Crippen LogP contribution in [-0.4, -0.2) is 36.6 Å². The molecule has 0 spiro atoms. The molecule has 0 aromatic rings. The monoisotopic (exact) mass is 285 g/mol. The highest BCUT2D eigenvalue weighted by molar-refractivity contribution is 5.79. The zero-order valence-electron chi connectivity index (χ0n) is 12.3. The normalized spacial score (nSPS) is 23.8. The average Bonchev–Trinajstić information content (AvgIpc) is 2.42. The van der Waals surface area contributed by atoms with Gasteiger partial charge in [-0.05, 0) is 19.3 Å². The number of oxime groups is 1. The van der Waals surface area contributed by atoms with Gasteiger partial charge in [-0.25, -0.2) is 0 Å². The van der Waals surface area contributed by atoms with E-state index in [2.05, 4.69) is 9.89 Å². The van der Waals surface area contributed by atoms with Crippen molar-refractivity contribution in [1.82, 2.24) is 0 Å². The van der Waals surface area contributed by atoms with Crippen LogP contribution in [0.1, 0.15) is 39.5 Å². The lowest BCUT2D eigenvalue weighted by Crippen LogP contribution is -2.42. The van der Waals surface area contributed by atoms with Crippen molar-refractivity contribution in [2.24, 2.45) is 11.1 Å². The van der Waals surface area contributed by atoms with Crippen LogP contribution in [0.15, 0.2) is 17.3 Å². The number of esters is 1. The highest BCUT2D eigenvalue weighted by Gasteiger charge is 2.34. The standard InChI is InChI=1S/C14H23NO5/c1-14(2)19-10-11(13(15-17)20-14)8-6-4-5-7-9-12(16)18-3/h4,6,11,17H,5,7-10H2,1-3H3/t11-/m0/s1. The minimum Gasteiger partial charge on any atom is -0.469 e. The summed E-state index contributed by atoms with van der Waals surface area (Å²) in [6, 6.07) is 0. The van der Waals surface area contributed by atoms with E-state index >= 15 is 0 Å². The van der Waals surface area contributed by atoms with E-state index < -0.39 is 5.79 Å². The molecule has 6 heteroatoms. The van der Waals surface area contributed by atoms with E-state index in [1.54, 1.807) is 13.8 Å². The molecular weight excluding hydrogens is 262 g/mol. The first-order chi connectivity index (χ1) is 9.48. The van der Waals surface area contributed by atoms with Gasteiger partial charge < -0.3 is 19.4 Å². The second kappa shape index (κ2) is 7.89. The third kappa shape index (κ3) is 5.61. The van der Waals surface area contributed by atoms with Gasteiger partial charge in [-0.15, -0.1) is 0 Å². The zero-order chi connectivity index (χ0) is 15.0. The average molecular weight is 285 g/mol. The van der Waals surface area contributed by atoms with Crippen molar-refractivity contribution < 1.29 is 24.2 Å². The summed E-state index contributed by atoms with van der Waals surface area (Å²) in [5, 5.41) is 12.1. The molecule has 0 unspecified atom stereocenters. The molecule has 0 aromatic carbocycles. The number of unbranched alkanes of at least 4 members (excludes halogenated alkanes) is 1. The molecule has 0 aromatic heterocycles. The van der Waals surface area contributed by atoms with Crippen LogP contribution in [0.5, 0.6) is 0 Å². The number of hydrogen-bond donors (Lipinski definition) is 1. The molecule has 6 nitrogen and oxygen atoms in total. The number of methoxy groups -OCH3 is 1. The summed E-state index contributed by atoms with van der Waals surface area (Å²) in [5.41, 5.74) is 0. The third-order valence-corrected chi connectivity index (χ3v) is 3.00. The van der Waals surface area contributed by atoms with E-state index in [4.69, 9.17) is 14.7 Å². The van der Waals surface area contributed by atoms with Gasteiger partial charge in [0.2, 0.25) is 11.7 Å². The molecule has 1 N–H and O–H groups in total. The van der Waals surface area contributed by atoms with E-state index in [-0.39, 0.29) is 11.9 Å². The molecule has 1 aliphatic rings. The molecule has 1 fully saturated rings. The fourth-order valence-electron chi connectivity index (χ4n) is 1.85. The summed E-state index contributed by atoms with van der Waals surface area (Å²) in [5.74, 6) is -0.711. The van der Waals surface area contributed by atoms with E-state index in [0.717, 1.165) is 12.8 Å². The maximum Gasteiger partial charge on any atom is 0.305 e. The molecule has 1 rings (SSSR count). The van der Waals surface area contributed by atoms with Crippen molar-refractivity contribution in [2.75, 3.05) is 13.7 Å². The molecule has 1 atom stereocenters. The summed E-state index contributed by atoms with van der Waals surface area (Å²) in [4.78, 5) is 10.9. The van der Waals surface area contributed by atoms with Gasteiger partial charge in [0, 0.05) is 20.3 Å². The van der Waals surface area contributed by atoms with Gasteiger partial charge in [0.15, 0.2) is 0 Å². The fraction of sp³-hybridized carbons (Fsp3) is 0.714. The molecule has 20 heavy (non-hydrogen) atoms. The molecule has 0 amide bonds. The molecule has 0 saturated carbocycles. The van der Waals surface area contributed by atoms with Crippen LogP contribution in [0.25, 0.3) is 0 Å². The van der Waals surface area contributed by atoms with Crippen molar-refractivity contribution in [2.45, 2.75) is 45.3 Å². The summed E-state index contributed by atoms with van der Waals surface area (Å²) < 4.78 is 15.5. The van der Waals surface area contributed by atoms with Crippen LogP contribution in [0.3, 0.4) is 0 Å². The Bertz CT molecular complexity index is 376. The summed E-state index contributed by atoms with van der Waals surface area (Å²) in [7, 11) is 1.39. The molecule has 1 aliphatic heterocycles. The predicted octanol–water partition coefficient (Wildman–Crippen LogP) is 2.46. The lowest BCUT2D eigenvalue weighted by molar-refractivity contribution is -0.196. The van der Waals surface area contributed by atoms with Crippen LogP contribution in [0, 0.1) is 5.92 Å². The topological polar surface area (TPSA) is 77.4 Å². The van der Waals surface area contributed by atoms with Crippen molar-refractivity contribution >= 4 is 11.9 Å². The van der Waals surface area contributed by atoms with Crippen LogP contribution in [0.2, 0.25) is 0 Å². The van der Waals surface area contributed by atoms with Gasteiger partial charge in [0.05, 0.1) is 19.6 Å². The van der Waals surface area contributed by atoms with E-state index in [1.165, 1.54) is 7.11 Å². The highest BCUT2D eigenvalue weighted by Crippen LogP contribution is 2.24. The number of ether oxygens (including phenoxy) is 3. The minimum absolute atomic E-state index is 0.0788. The number of hydrogen-bond acceptors (Lipinski definition) is 6. The number of allylic oxidation sites excluding steroid dienone is 2.